The molecule has 31 heavy (non-hydrogen) atoms. The number of piperazine rings is 1. The average Bonchev–Trinajstić information content (AvgIpc) is 3.24. The Bertz CT molecular complexity index is 1060. The van der Waals surface area contributed by atoms with Gasteiger partial charge in [0.2, 0.25) is 0 Å². The Morgan fingerprint density at radius 3 is 2.45 bits per heavy atom. The van der Waals surface area contributed by atoms with E-state index in [1.165, 1.54) is 0 Å². The van der Waals surface area contributed by atoms with E-state index in [-0.39, 0.29) is 11.7 Å². The van der Waals surface area contributed by atoms with Gasteiger partial charge in [0, 0.05) is 36.8 Å². The first kappa shape index (κ1) is 21.2. The summed E-state index contributed by atoms with van der Waals surface area (Å²) in [5.41, 5.74) is 2.41. The first-order chi connectivity index (χ1) is 15.0. The van der Waals surface area contributed by atoms with Crippen molar-refractivity contribution in [1.29, 1.82) is 0 Å². The number of methoxy groups -OCH3 is 1. The van der Waals surface area contributed by atoms with Crippen molar-refractivity contribution < 1.29 is 19.2 Å². The summed E-state index contributed by atoms with van der Waals surface area (Å²) < 4.78 is 10.8. The molecule has 1 amide bonds. The molecule has 1 N–H and O–H groups in total. The number of aromatic nitrogens is 1. The molecule has 0 aliphatic carbocycles. The van der Waals surface area contributed by atoms with E-state index >= 15 is 0 Å². The van der Waals surface area contributed by atoms with Crippen molar-refractivity contribution in [3.8, 4) is 17.0 Å². The molecule has 7 nitrogen and oxygen atoms in total. The number of carbonyl (C=O) groups is 1. The van der Waals surface area contributed by atoms with Crippen molar-refractivity contribution in [2.75, 3.05) is 38.2 Å². The molecule has 1 aromatic heterocycles. The van der Waals surface area contributed by atoms with Crippen LogP contribution in [0.1, 0.15) is 29.1 Å². The van der Waals surface area contributed by atoms with Gasteiger partial charge in [-0.15, -0.1) is 0 Å². The molecule has 4 rings (SSSR count). The van der Waals surface area contributed by atoms with Crippen molar-refractivity contribution >= 4 is 23.2 Å². The topological polar surface area (TPSA) is 79.0 Å². The minimum Gasteiger partial charge on any atom is -0.495 e. The minimum atomic E-state index is -0.956. The second-order valence-electron chi connectivity index (χ2n) is 7.40. The Kier molecular flexibility index (Phi) is 6.15. The highest BCUT2D eigenvalue weighted by molar-refractivity contribution is 6.30. The van der Waals surface area contributed by atoms with E-state index in [9.17, 15) is 9.90 Å². The van der Waals surface area contributed by atoms with Crippen molar-refractivity contribution in [3.05, 3.63) is 64.9 Å². The lowest BCUT2D eigenvalue weighted by Crippen LogP contribution is -2.49. The summed E-state index contributed by atoms with van der Waals surface area (Å²) >= 11 is 5.99. The predicted octanol–water partition coefficient (Wildman–Crippen LogP) is 4.02. The van der Waals surface area contributed by atoms with Crippen LogP contribution < -0.4 is 9.64 Å². The zero-order valence-corrected chi connectivity index (χ0v) is 18.2. The van der Waals surface area contributed by atoms with Gasteiger partial charge in [0.1, 0.15) is 23.1 Å². The van der Waals surface area contributed by atoms with Gasteiger partial charge in [-0.25, -0.2) is 0 Å². The Morgan fingerprint density at radius 1 is 1.13 bits per heavy atom. The first-order valence-corrected chi connectivity index (χ1v) is 10.5. The first-order valence-electron chi connectivity index (χ1n) is 10.1. The highest BCUT2D eigenvalue weighted by atomic mass is 35.5. The smallest absolute Gasteiger partial charge is 0.259 e. The Labute approximate surface area is 185 Å². The number of hydrogen-bond donors (Lipinski definition) is 1. The number of rotatable bonds is 5. The van der Waals surface area contributed by atoms with E-state index < -0.39 is 6.10 Å². The van der Waals surface area contributed by atoms with Crippen LogP contribution in [0.4, 0.5) is 5.69 Å². The third kappa shape index (κ3) is 4.24. The Balaban J connectivity index is 1.57. The van der Waals surface area contributed by atoms with E-state index in [1.54, 1.807) is 43.2 Å². The molecular formula is C23H24ClN3O4. The fraction of sp³-hybridized carbons (Fsp3) is 0.304. The van der Waals surface area contributed by atoms with Gasteiger partial charge in [-0.1, -0.05) is 41.0 Å². The second kappa shape index (κ2) is 8.99. The van der Waals surface area contributed by atoms with Crippen LogP contribution in [0.5, 0.6) is 5.75 Å². The van der Waals surface area contributed by atoms with Crippen LogP contribution in [0.25, 0.3) is 11.3 Å². The zero-order chi connectivity index (χ0) is 22.0. The Morgan fingerprint density at radius 2 is 1.81 bits per heavy atom. The minimum absolute atomic E-state index is 0.169. The van der Waals surface area contributed by atoms with Crippen LogP contribution in [-0.4, -0.2) is 54.4 Å². The van der Waals surface area contributed by atoms with Gasteiger partial charge in [0.15, 0.2) is 5.76 Å². The molecule has 1 fully saturated rings. The molecule has 2 heterocycles. The third-order valence-corrected chi connectivity index (χ3v) is 5.67. The summed E-state index contributed by atoms with van der Waals surface area (Å²) in [5.74, 6) is 0.770. The zero-order valence-electron chi connectivity index (χ0n) is 17.4. The maximum atomic E-state index is 13.5. The maximum Gasteiger partial charge on any atom is 0.259 e. The number of halogens is 1. The average molecular weight is 442 g/mol. The summed E-state index contributed by atoms with van der Waals surface area (Å²) in [6.45, 7) is 3.95. The second-order valence-corrected chi connectivity index (χ2v) is 7.84. The van der Waals surface area contributed by atoms with Crippen LogP contribution >= 0.6 is 11.6 Å². The standard InChI is InChI=1S/C23H24ClN3O4/c1-15(28)22-20(21(25-31-22)16-7-9-17(24)10-8-16)23(29)27-13-11-26(12-14-27)18-5-3-4-6-19(18)30-2/h3-10,15,28H,11-14H2,1-2H3/t15-/m0/s1. The van der Waals surface area contributed by atoms with Gasteiger partial charge in [0.25, 0.3) is 5.91 Å². The molecule has 0 saturated carbocycles. The van der Waals surface area contributed by atoms with E-state index in [0.29, 0.717) is 48.0 Å². The van der Waals surface area contributed by atoms with Gasteiger partial charge in [-0.05, 0) is 31.2 Å². The van der Waals surface area contributed by atoms with E-state index in [1.807, 2.05) is 24.3 Å². The molecule has 3 aromatic rings. The normalized spacial score (nSPS) is 15.1. The molecule has 8 heteroatoms. The number of aliphatic hydroxyl groups excluding tert-OH is 1. The summed E-state index contributed by atoms with van der Waals surface area (Å²) in [7, 11) is 1.65. The molecule has 1 aliphatic heterocycles. The highest BCUT2D eigenvalue weighted by Gasteiger charge is 2.32. The fourth-order valence-electron chi connectivity index (χ4n) is 3.80. The van der Waals surface area contributed by atoms with Gasteiger partial charge < -0.3 is 24.2 Å². The van der Waals surface area contributed by atoms with Gasteiger partial charge in [-0.2, -0.15) is 0 Å². The number of aliphatic hydroxyl groups is 1. The quantitative estimate of drug-likeness (QED) is 0.644. The third-order valence-electron chi connectivity index (χ3n) is 5.42. The molecule has 0 spiro atoms. The number of nitrogens with zero attached hydrogens (tertiary/aromatic N) is 3. The van der Waals surface area contributed by atoms with Crippen LogP contribution in [0.2, 0.25) is 5.02 Å². The number of ether oxygens (including phenoxy) is 1. The molecule has 1 atom stereocenters. The number of carbonyl (C=O) groups excluding carboxylic acids is 1. The van der Waals surface area contributed by atoms with Crippen LogP contribution in [0, 0.1) is 0 Å². The lowest BCUT2D eigenvalue weighted by Gasteiger charge is -2.36. The molecule has 1 aliphatic rings. The lowest BCUT2D eigenvalue weighted by molar-refractivity contribution is 0.0735. The molecule has 162 valence electrons. The number of benzene rings is 2. The predicted molar refractivity (Wildman–Crippen MR) is 119 cm³/mol. The fourth-order valence-corrected chi connectivity index (χ4v) is 3.93. The highest BCUT2D eigenvalue weighted by Crippen LogP contribution is 2.32. The molecule has 1 saturated heterocycles. The number of amides is 1. The monoisotopic (exact) mass is 441 g/mol. The van der Waals surface area contributed by atoms with Gasteiger partial charge in [0.05, 0.1) is 12.8 Å². The van der Waals surface area contributed by atoms with Gasteiger partial charge in [-0.3, -0.25) is 4.79 Å². The molecular weight excluding hydrogens is 418 g/mol. The van der Waals surface area contributed by atoms with Crippen molar-refractivity contribution in [2.24, 2.45) is 0 Å². The summed E-state index contributed by atoms with van der Waals surface area (Å²) in [5, 5.41) is 14.8. The van der Waals surface area contributed by atoms with Crippen molar-refractivity contribution in [3.63, 3.8) is 0 Å². The van der Waals surface area contributed by atoms with Crippen molar-refractivity contribution in [1.82, 2.24) is 10.1 Å². The van der Waals surface area contributed by atoms with Gasteiger partial charge >= 0.3 is 0 Å². The lowest BCUT2D eigenvalue weighted by atomic mass is 10.0. The molecule has 0 bridgehead atoms. The maximum absolute atomic E-state index is 13.5. The number of hydrogen-bond acceptors (Lipinski definition) is 6. The van der Waals surface area contributed by atoms with Crippen LogP contribution in [0.3, 0.4) is 0 Å². The van der Waals surface area contributed by atoms with Crippen molar-refractivity contribution in [2.45, 2.75) is 13.0 Å². The van der Waals surface area contributed by atoms with E-state index in [0.717, 1.165) is 11.4 Å². The Hall–Kier alpha value is -3.03. The summed E-state index contributed by atoms with van der Waals surface area (Å²) in [6.07, 6.45) is -0.956. The van der Waals surface area contributed by atoms with Crippen LogP contribution in [0.15, 0.2) is 53.1 Å². The SMILES string of the molecule is COc1ccccc1N1CCN(C(=O)c2c(-c3ccc(Cl)cc3)noc2[C@H](C)O)CC1. The van der Waals surface area contributed by atoms with E-state index in [2.05, 4.69) is 10.1 Å². The van der Waals surface area contributed by atoms with E-state index in [4.69, 9.17) is 20.9 Å². The summed E-state index contributed by atoms with van der Waals surface area (Å²) in [4.78, 5) is 17.4. The number of anilines is 1. The largest absolute Gasteiger partial charge is 0.495 e. The molecule has 2 aromatic carbocycles. The van der Waals surface area contributed by atoms with Crippen LogP contribution in [-0.2, 0) is 0 Å². The summed E-state index contributed by atoms with van der Waals surface area (Å²) in [6, 6.07) is 14.9. The number of para-hydroxylation sites is 2. The molecule has 0 radical (unpaired) electrons. The molecule has 0 unspecified atom stereocenters.